The van der Waals surface area contributed by atoms with Gasteiger partial charge in [-0.25, -0.2) is 14.3 Å². The molecule has 0 saturated carbocycles. The molecule has 1 heterocycles. The van der Waals surface area contributed by atoms with Crippen molar-refractivity contribution in [2.45, 2.75) is 33.6 Å². The van der Waals surface area contributed by atoms with Gasteiger partial charge in [0.2, 0.25) is 5.88 Å². The summed E-state index contributed by atoms with van der Waals surface area (Å²) in [5, 5.41) is 19.3. The average Bonchev–Trinajstić information content (AvgIpc) is 3.24. The van der Waals surface area contributed by atoms with E-state index < -0.39 is 11.9 Å². The highest BCUT2D eigenvalue weighted by Gasteiger charge is 2.20. The Hall–Kier alpha value is -3.40. The quantitative estimate of drug-likeness (QED) is 0.386. The number of rotatable bonds is 11. The molecule has 0 radical (unpaired) electrons. The van der Waals surface area contributed by atoms with E-state index >= 15 is 0 Å². The maximum atomic E-state index is 12.8. The largest absolute Gasteiger partial charge is 0.478 e. The normalized spacial score (nSPS) is 10.3. The summed E-state index contributed by atoms with van der Waals surface area (Å²) in [6, 6.07) is 11.5. The Kier molecular flexibility index (Phi) is 12.2. The standard InChI is InChI=1S/C21H32N4O2.C2H2O4/c1-5-8-16-27-20-17-19(22-25(20)18-12-10-9-11-13-18)21(26)23(4)14-15-24(6-2)7-3;3-1(4)2(5)6/h9-13,17H,5-8,14-16H2,1-4H3;(H,3,4)(H,5,6). The van der Waals surface area contributed by atoms with E-state index in [0.717, 1.165) is 38.2 Å². The number of para-hydroxylation sites is 1. The summed E-state index contributed by atoms with van der Waals surface area (Å²) in [7, 11) is 1.82. The molecule has 0 aliphatic rings. The lowest BCUT2D eigenvalue weighted by atomic mass is 10.3. The fraction of sp³-hybridized carbons (Fsp3) is 0.478. The second kappa shape index (κ2) is 14.6. The molecule has 0 atom stereocenters. The number of hydrogen-bond acceptors (Lipinski definition) is 6. The molecule has 1 aromatic carbocycles. The zero-order chi connectivity index (χ0) is 24.8. The fourth-order valence-electron chi connectivity index (χ4n) is 2.77. The summed E-state index contributed by atoms with van der Waals surface area (Å²) < 4.78 is 7.61. The number of likely N-dealkylation sites (N-methyl/N-ethyl adjacent to an activating group) is 2. The highest BCUT2D eigenvalue weighted by atomic mass is 16.5. The molecular weight excluding hydrogens is 428 g/mol. The van der Waals surface area contributed by atoms with Crippen molar-refractivity contribution in [3.05, 3.63) is 42.1 Å². The third-order valence-corrected chi connectivity index (χ3v) is 4.82. The van der Waals surface area contributed by atoms with Crippen molar-refractivity contribution in [3.63, 3.8) is 0 Å². The topological polar surface area (TPSA) is 125 Å². The number of carboxylic acid groups (broad SMARTS) is 2. The minimum atomic E-state index is -1.82. The first-order valence-corrected chi connectivity index (χ1v) is 11.0. The summed E-state index contributed by atoms with van der Waals surface area (Å²) in [5.41, 5.74) is 1.29. The van der Waals surface area contributed by atoms with Gasteiger partial charge < -0.3 is 24.7 Å². The number of hydrogen-bond donors (Lipinski definition) is 2. The van der Waals surface area contributed by atoms with Crippen LogP contribution in [-0.4, -0.2) is 87.5 Å². The van der Waals surface area contributed by atoms with E-state index in [0.29, 0.717) is 24.7 Å². The summed E-state index contributed by atoms with van der Waals surface area (Å²) in [6.07, 6.45) is 2.02. The van der Waals surface area contributed by atoms with Crippen molar-refractivity contribution in [1.29, 1.82) is 0 Å². The van der Waals surface area contributed by atoms with Crippen molar-refractivity contribution in [1.82, 2.24) is 19.6 Å². The predicted molar refractivity (Wildman–Crippen MR) is 124 cm³/mol. The molecule has 0 aliphatic heterocycles. The van der Waals surface area contributed by atoms with E-state index in [4.69, 9.17) is 24.5 Å². The van der Waals surface area contributed by atoms with Gasteiger partial charge in [-0.1, -0.05) is 45.4 Å². The molecule has 33 heavy (non-hydrogen) atoms. The van der Waals surface area contributed by atoms with Gasteiger partial charge in [-0.05, 0) is 31.6 Å². The first-order chi connectivity index (χ1) is 15.7. The van der Waals surface area contributed by atoms with Crippen LogP contribution in [0.5, 0.6) is 5.88 Å². The second-order valence-corrected chi connectivity index (χ2v) is 7.18. The van der Waals surface area contributed by atoms with Crippen LogP contribution in [0.3, 0.4) is 0 Å². The van der Waals surface area contributed by atoms with Crippen LogP contribution in [0, 0.1) is 0 Å². The molecular formula is C23H34N4O6. The lowest BCUT2D eigenvalue weighted by Gasteiger charge is -2.22. The number of carboxylic acids is 2. The highest BCUT2D eigenvalue weighted by molar-refractivity contribution is 6.27. The van der Waals surface area contributed by atoms with Crippen LogP contribution in [0.1, 0.15) is 44.1 Å². The summed E-state index contributed by atoms with van der Waals surface area (Å²) >= 11 is 0. The zero-order valence-corrected chi connectivity index (χ0v) is 19.7. The molecule has 10 nitrogen and oxygen atoms in total. The third kappa shape index (κ3) is 9.32. The van der Waals surface area contributed by atoms with Gasteiger partial charge in [0.25, 0.3) is 5.91 Å². The van der Waals surface area contributed by atoms with Crippen LogP contribution in [0.4, 0.5) is 0 Å². The number of aliphatic carboxylic acids is 2. The third-order valence-electron chi connectivity index (χ3n) is 4.82. The van der Waals surface area contributed by atoms with Crippen LogP contribution in [-0.2, 0) is 9.59 Å². The molecule has 0 unspecified atom stereocenters. The minimum absolute atomic E-state index is 0.0859. The fourth-order valence-corrected chi connectivity index (χ4v) is 2.77. The van der Waals surface area contributed by atoms with Crippen molar-refractivity contribution in [2.24, 2.45) is 0 Å². The number of benzene rings is 1. The van der Waals surface area contributed by atoms with Gasteiger partial charge in [0.1, 0.15) is 0 Å². The maximum Gasteiger partial charge on any atom is 0.414 e. The number of aromatic nitrogens is 2. The Balaban J connectivity index is 0.000000801. The highest BCUT2D eigenvalue weighted by Crippen LogP contribution is 2.20. The molecule has 0 bridgehead atoms. The molecule has 1 aromatic heterocycles. The summed E-state index contributed by atoms with van der Waals surface area (Å²) in [6.45, 7) is 10.5. The Labute approximate surface area is 194 Å². The lowest BCUT2D eigenvalue weighted by molar-refractivity contribution is -0.159. The summed E-state index contributed by atoms with van der Waals surface area (Å²) in [4.78, 5) is 35.1. The molecule has 2 aromatic rings. The Morgan fingerprint density at radius 2 is 1.61 bits per heavy atom. The van der Waals surface area contributed by atoms with Gasteiger partial charge in [0.05, 0.1) is 12.3 Å². The lowest BCUT2D eigenvalue weighted by Crippen LogP contribution is -2.36. The van der Waals surface area contributed by atoms with Crippen molar-refractivity contribution in [2.75, 3.05) is 39.8 Å². The average molecular weight is 463 g/mol. The van der Waals surface area contributed by atoms with Crippen LogP contribution >= 0.6 is 0 Å². The Morgan fingerprint density at radius 3 is 2.12 bits per heavy atom. The number of carbonyl (C=O) groups excluding carboxylic acids is 1. The molecule has 182 valence electrons. The van der Waals surface area contributed by atoms with Crippen molar-refractivity contribution < 1.29 is 29.3 Å². The monoisotopic (exact) mass is 462 g/mol. The number of carbonyl (C=O) groups is 3. The van der Waals surface area contributed by atoms with Gasteiger partial charge in [0.15, 0.2) is 5.69 Å². The summed E-state index contributed by atoms with van der Waals surface area (Å²) in [5.74, 6) is -3.13. The minimum Gasteiger partial charge on any atom is -0.478 e. The van der Waals surface area contributed by atoms with E-state index in [1.54, 1.807) is 15.6 Å². The van der Waals surface area contributed by atoms with Gasteiger partial charge in [0, 0.05) is 26.2 Å². The molecule has 0 saturated heterocycles. The SMILES string of the molecule is CCCCOc1cc(C(=O)N(C)CCN(CC)CC)nn1-c1ccccc1.O=C(O)C(=O)O. The van der Waals surface area contributed by atoms with Crippen molar-refractivity contribution in [3.8, 4) is 11.6 Å². The molecule has 0 fully saturated rings. The molecule has 0 spiro atoms. The number of nitrogens with zero attached hydrogens (tertiary/aromatic N) is 4. The molecule has 0 aliphatic carbocycles. The number of amides is 1. The second-order valence-electron chi connectivity index (χ2n) is 7.18. The first-order valence-electron chi connectivity index (χ1n) is 11.0. The Bertz CT molecular complexity index is 868. The van der Waals surface area contributed by atoms with Gasteiger partial charge in [-0.3, -0.25) is 4.79 Å². The first kappa shape index (κ1) is 27.6. The maximum absolute atomic E-state index is 12.8. The van der Waals surface area contributed by atoms with E-state index in [1.807, 2.05) is 37.4 Å². The molecule has 10 heteroatoms. The van der Waals surface area contributed by atoms with Crippen LogP contribution in [0.25, 0.3) is 5.69 Å². The van der Waals surface area contributed by atoms with Crippen LogP contribution < -0.4 is 4.74 Å². The molecule has 1 amide bonds. The van der Waals surface area contributed by atoms with E-state index in [-0.39, 0.29) is 5.91 Å². The molecule has 2 N–H and O–H groups in total. The number of ether oxygens (including phenoxy) is 1. The smallest absolute Gasteiger partial charge is 0.414 e. The van der Waals surface area contributed by atoms with E-state index in [2.05, 4.69) is 30.8 Å². The van der Waals surface area contributed by atoms with Crippen LogP contribution in [0.2, 0.25) is 0 Å². The van der Waals surface area contributed by atoms with Crippen LogP contribution in [0.15, 0.2) is 36.4 Å². The van der Waals surface area contributed by atoms with Gasteiger partial charge in [-0.2, -0.15) is 5.10 Å². The van der Waals surface area contributed by atoms with E-state index in [1.165, 1.54) is 0 Å². The van der Waals surface area contributed by atoms with Crippen molar-refractivity contribution >= 4 is 17.8 Å². The zero-order valence-electron chi connectivity index (χ0n) is 19.7. The van der Waals surface area contributed by atoms with Gasteiger partial charge in [-0.15, -0.1) is 0 Å². The Morgan fingerprint density at radius 1 is 1.00 bits per heavy atom. The molecule has 2 rings (SSSR count). The van der Waals surface area contributed by atoms with Gasteiger partial charge >= 0.3 is 11.9 Å². The predicted octanol–water partition coefficient (Wildman–Crippen LogP) is 2.62. The van der Waals surface area contributed by atoms with E-state index in [9.17, 15) is 4.79 Å². The number of unbranched alkanes of at least 4 members (excludes halogenated alkanes) is 1.